The maximum atomic E-state index is 12.0. The van der Waals surface area contributed by atoms with E-state index in [1.807, 2.05) is 0 Å². The quantitative estimate of drug-likeness (QED) is 0.795. The first-order valence-corrected chi connectivity index (χ1v) is 7.20. The number of nitrogens with zero attached hydrogens (tertiary/aromatic N) is 1. The monoisotopic (exact) mass is 331 g/mol. The predicted octanol–water partition coefficient (Wildman–Crippen LogP) is 2.39. The maximum Gasteiger partial charge on any atom is 0.310 e. The highest BCUT2D eigenvalue weighted by molar-refractivity contribution is 6.34. The molecule has 0 radical (unpaired) electrons. The molecule has 1 aromatic carbocycles. The van der Waals surface area contributed by atoms with Gasteiger partial charge in [0.15, 0.2) is 6.61 Å². The summed E-state index contributed by atoms with van der Waals surface area (Å²) in [5.74, 6) is -0.378. The van der Waals surface area contributed by atoms with Gasteiger partial charge in [-0.3, -0.25) is 9.59 Å². The molecule has 1 heterocycles. The third kappa shape index (κ3) is 4.02. The zero-order valence-electron chi connectivity index (χ0n) is 11.5. The first kappa shape index (κ1) is 15.9. The van der Waals surface area contributed by atoms with Crippen LogP contribution in [0.25, 0.3) is 0 Å². The summed E-state index contributed by atoms with van der Waals surface area (Å²) in [6, 6.07) is 4.80. The number of esters is 1. The van der Waals surface area contributed by atoms with E-state index >= 15 is 0 Å². The Hall–Kier alpha value is -1.46. The highest BCUT2D eigenvalue weighted by atomic mass is 35.5. The molecule has 0 spiro atoms. The standard InChI is InChI=1S/C14H15Cl2NO4/c1-20-14(19)9-4-5-17(7-9)13(18)8-21-12-6-10(15)2-3-11(12)16/h2-3,6,9H,4-5,7-8H2,1H3. The molecule has 1 aliphatic heterocycles. The van der Waals surface area contributed by atoms with E-state index in [9.17, 15) is 9.59 Å². The Balaban J connectivity index is 1.88. The van der Waals surface area contributed by atoms with Crippen LogP contribution in [0.3, 0.4) is 0 Å². The number of rotatable bonds is 4. The van der Waals surface area contributed by atoms with Crippen molar-refractivity contribution in [3.05, 3.63) is 28.2 Å². The Morgan fingerprint density at radius 1 is 1.38 bits per heavy atom. The number of carbonyl (C=O) groups excluding carboxylic acids is 2. The molecular weight excluding hydrogens is 317 g/mol. The van der Waals surface area contributed by atoms with Crippen LogP contribution < -0.4 is 4.74 Å². The average Bonchev–Trinajstić information content (AvgIpc) is 2.97. The third-order valence-electron chi connectivity index (χ3n) is 3.32. The lowest BCUT2D eigenvalue weighted by atomic mass is 10.1. The van der Waals surface area contributed by atoms with Gasteiger partial charge in [-0.05, 0) is 18.6 Å². The molecule has 1 atom stereocenters. The summed E-state index contributed by atoms with van der Waals surface area (Å²) in [6.45, 7) is 0.733. The van der Waals surface area contributed by atoms with Crippen molar-refractivity contribution in [2.75, 3.05) is 26.8 Å². The summed E-state index contributed by atoms with van der Waals surface area (Å²) < 4.78 is 10.1. The fraction of sp³-hybridized carbons (Fsp3) is 0.429. The van der Waals surface area contributed by atoms with Crippen LogP contribution in [-0.2, 0) is 14.3 Å². The normalized spacial score (nSPS) is 17.7. The van der Waals surface area contributed by atoms with Gasteiger partial charge in [0.25, 0.3) is 5.91 Å². The van der Waals surface area contributed by atoms with E-state index in [2.05, 4.69) is 4.74 Å². The van der Waals surface area contributed by atoms with Gasteiger partial charge in [-0.15, -0.1) is 0 Å². The molecule has 1 aromatic rings. The number of hydrogen-bond donors (Lipinski definition) is 0. The predicted molar refractivity (Wildman–Crippen MR) is 78.7 cm³/mol. The Labute approximate surface area is 132 Å². The Morgan fingerprint density at radius 3 is 2.86 bits per heavy atom. The van der Waals surface area contributed by atoms with Gasteiger partial charge in [0, 0.05) is 24.2 Å². The molecule has 21 heavy (non-hydrogen) atoms. The van der Waals surface area contributed by atoms with E-state index in [0.29, 0.717) is 35.3 Å². The third-order valence-corrected chi connectivity index (χ3v) is 3.87. The van der Waals surface area contributed by atoms with Gasteiger partial charge < -0.3 is 14.4 Å². The molecule has 0 aliphatic carbocycles. The molecule has 0 bridgehead atoms. The molecule has 2 rings (SSSR count). The molecule has 114 valence electrons. The van der Waals surface area contributed by atoms with Gasteiger partial charge >= 0.3 is 5.97 Å². The highest BCUT2D eigenvalue weighted by Gasteiger charge is 2.31. The molecule has 1 fully saturated rings. The second-order valence-electron chi connectivity index (χ2n) is 4.71. The largest absolute Gasteiger partial charge is 0.482 e. The molecule has 1 saturated heterocycles. The lowest BCUT2D eigenvalue weighted by Crippen LogP contribution is -2.34. The summed E-state index contributed by atoms with van der Waals surface area (Å²) in [5.41, 5.74) is 0. The van der Waals surface area contributed by atoms with E-state index in [-0.39, 0.29) is 24.4 Å². The average molecular weight is 332 g/mol. The van der Waals surface area contributed by atoms with E-state index in [4.69, 9.17) is 27.9 Å². The molecule has 0 saturated carbocycles. The smallest absolute Gasteiger partial charge is 0.310 e. The van der Waals surface area contributed by atoms with Crippen LogP contribution in [0.2, 0.25) is 10.0 Å². The van der Waals surface area contributed by atoms with Crippen LogP contribution in [0.15, 0.2) is 18.2 Å². The van der Waals surface area contributed by atoms with Crippen molar-refractivity contribution in [2.24, 2.45) is 5.92 Å². The molecule has 5 nitrogen and oxygen atoms in total. The minimum atomic E-state index is -0.288. The van der Waals surface area contributed by atoms with Crippen LogP contribution in [-0.4, -0.2) is 43.6 Å². The number of methoxy groups -OCH3 is 1. The topological polar surface area (TPSA) is 55.8 Å². The number of amides is 1. The molecule has 7 heteroatoms. The van der Waals surface area contributed by atoms with E-state index in [1.165, 1.54) is 7.11 Å². The first-order valence-electron chi connectivity index (χ1n) is 6.44. The molecule has 1 aliphatic rings. The van der Waals surface area contributed by atoms with Gasteiger partial charge in [-0.1, -0.05) is 23.2 Å². The second kappa shape index (κ2) is 7.00. The van der Waals surface area contributed by atoms with Gasteiger partial charge in [0.05, 0.1) is 18.1 Å². The molecular formula is C14H15Cl2NO4. The molecule has 1 unspecified atom stereocenters. The summed E-state index contributed by atoms with van der Waals surface area (Å²) in [7, 11) is 1.34. The van der Waals surface area contributed by atoms with Crippen LogP contribution in [0.4, 0.5) is 0 Å². The summed E-state index contributed by atoms with van der Waals surface area (Å²) >= 11 is 11.8. The number of benzene rings is 1. The fourth-order valence-corrected chi connectivity index (χ4v) is 2.50. The van der Waals surface area contributed by atoms with Gasteiger partial charge in [-0.25, -0.2) is 0 Å². The summed E-state index contributed by atoms with van der Waals surface area (Å²) in [6.07, 6.45) is 0.607. The van der Waals surface area contributed by atoms with E-state index in [0.717, 1.165) is 0 Å². The van der Waals surface area contributed by atoms with Crippen molar-refractivity contribution in [3.63, 3.8) is 0 Å². The minimum Gasteiger partial charge on any atom is -0.482 e. The zero-order chi connectivity index (χ0) is 15.4. The van der Waals surface area contributed by atoms with Crippen molar-refractivity contribution in [2.45, 2.75) is 6.42 Å². The number of hydrogen-bond acceptors (Lipinski definition) is 4. The fourth-order valence-electron chi connectivity index (χ4n) is 2.16. The first-order chi connectivity index (χ1) is 10.0. The minimum absolute atomic E-state index is 0.145. The highest BCUT2D eigenvalue weighted by Crippen LogP contribution is 2.27. The van der Waals surface area contributed by atoms with Gasteiger partial charge in [-0.2, -0.15) is 0 Å². The summed E-state index contributed by atoms with van der Waals surface area (Å²) in [4.78, 5) is 25.0. The molecule has 1 amide bonds. The van der Waals surface area contributed by atoms with Crippen LogP contribution in [0, 0.1) is 5.92 Å². The number of carbonyl (C=O) groups is 2. The van der Waals surface area contributed by atoms with Crippen LogP contribution in [0.5, 0.6) is 5.75 Å². The van der Waals surface area contributed by atoms with Crippen molar-refractivity contribution < 1.29 is 19.1 Å². The Kier molecular flexibility index (Phi) is 5.31. The van der Waals surface area contributed by atoms with Crippen LogP contribution in [0.1, 0.15) is 6.42 Å². The van der Waals surface area contributed by atoms with Crippen molar-refractivity contribution >= 4 is 35.1 Å². The number of ether oxygens (including phenoxy) is 2. The molecule has 0 aromatic heterocycles. The van der Waals surface area contributed by atoms with Crippen LogP contribution >= 0.6 is 23.2 Å². The maximum absolute atomic E-state index is 12.0. The summed E-state index contributed by atoms with van der Waals surface area (Å²) in [5, 5.41) is 0.870. The van der Waals surface area contributed by atoms with Crippen molar-refractivity contribution in [1.29, 1.82) is 0 Å². The lowest BCUT2D eigenvalue weighted by Gasteiger charge is -2.16. The molecule has 0 N–H and O–H groups in total. The van der Waals surface area contributed by atoms with Gasteiger partial charge in [0.2, 0.25) is 0 Å². The van der Waals surface area contributed by atoms with Gasteiger partial charge in [0.1, 0.15) is 5.75 Å². The van der Waals surface area contributed by atoms with E-state index < -0.39 is 0 Å². The Morgan fingerprint density at radius 2 is 2.14 bits per heavy atom. The number of halogens is 2. The zero-order valence-corrected chi connectivity index (χ0v) is 13.0. The SMILES string of the molecule is COC(=O)C1CCN(C(=O)COc2cc(Cl)ccc2Cl)C1. The van der Waals surface area contributed by atoms with Crippen molar-refractivity contribution in [3.8, 4) is 5.75 Å². The second-order valence-corrected chi connectivity index (χ2v) is 5.56. The number of likely N-dealkylation sites (tertiary alicyclic amines) is 1. The van der Waals surface area contributed by atoms with Crippen molar-refractivity contribution in [1.82, 2.24) is 4.90 Å². The Bertz CT molecular complexity index is 550. The van der Waals surface area contributed by atoms with E-state index in [1.54, 1.807) is 23.1 Å². The lowest BCUT2D eigenvalue weighted by molar-refractivity contribution is -0.145.